The van der Waals surface area contributed by atoms with E-state index in [9.17, 15) is 9.18 Å². The van der Waals surface area contributed by atoms with Crippen molar-refractivity contribution in [1.82, 2.24) is 4.90 Å². The first-order valence-electron chi connectivity index (χ1n) is 9.99. The summed E-state index contributed by atoms with van der Waals surface area (Å²) in [5.74, 6) is -0.164. The molecule has 4 rings (SSSR count). The predicted octanol–water partition coefficient (Wildman–Crippen LogP) is 3.53. The summed E-state index contributed by atoms with van der Waals surface area (Å²) in [5.41, 5.74) is 8.65. The molecule has 2 aliphatic rings. The highest BCUT2D eigenvalue weighted by atomic mass is 19.1. The molecule has 1 aliphatic carbocycles. The zero-order valence-corrected chi connectivity index (χ0v) is 16.2. The summed E-state index contributed by atoms with van der Waals surface area (Å²) in [4.78, 5) is 15.1. The predicted molar refractivity (Wildman–Crippen MR) is 107 cm³/mol. The van der Waals surface area contributed by atoms with Crippen molar-refractivity contribution in [1.29, 1.82) is 0 Å². The molecule has 2 atom stereocenters. The van der Waals surface area contributed by atoms with Gasteiger partial charge in [0.15, 0.2) is 0 Å². The third-order valence-corrected chi connectivity index (χ3v) is 6.33. The summed E-state index contributed by atoms with van der Waals surface area (Å²) < 4.78 is 19.2. The standard InChI is InChI=1S/C23H27FN2O2/c1-28-23(10-4-11-23)22(27)26-12-9-20(25)21(26)14-16-5-2-6-17(13-16)18-7-3-8-19(24)15-18/h2-3,5-8,13,15,20-21H,4,9-12,14,25H2,1H3. The van der Waals surface area contributed by atoms with Gasteiger partial charge in [0, 0.05) is 19.7 Å². The monoisotopic (exact) mass is 382 g/mol. The summed E-state index contributed by atoms with van der Waals surface area (Å²) in [5, 5.41) is 0. The first-order chi connectivity index (χ1) is 13.5. The molecule has 148 valence electrons. The molecule has 1 saturated carbocycles. The lowest BCUT2D eigenvalue weighted by Gasteiger charge is -2.43. The van der Waals surface area contributed by atoms with Gasteiger partial charge in [-0.25, -0.2) is 4.39 Å². The fourth-order valence-electron chi connectivity index (χ4n) is 4.44. The minimum Gasteiger partial charge on any atom is -0.368 e. The number of hydrogen-bond donors (Lipinski definition) is 1. The molecular weight excluding hydrogens is 355 g/mol. The normalized spacial score (nSPS) is 23.5. The number of carbonyl (C=O) groups is 1. The number of benzene rings is 2. The third-order valence-electron chi connectivity index (χ3n) is 6.33. The van der Waals surface area contributed by atoms with Gasteiger partial charge in [0.05, 0.1) is 6.04 Å². The SMILES string of the molecule is COC1(C(=O)N2CCC(N)C2Cc2cccc(-c3cccc(F)c3)c2)CCC1. The minimum absolute atomic E-state index is 0.0390. The van der Waals surface area contributed by atoms with Crippen LogP contribution in [0.2, 0.25) is 0 Å². The first kappa shape index (κ1) is 19.1. The van der Waals surface area contributed by atoms with Crippen molar-refractivity contribution >= 4 is 5.91 Å². The Kier molecular flexibility index (Phi) is 5.21. The second-order valence-electron chi connectivity index (χ2n) is 7.99. The third kappa shape index (κ3) is 3.45. The van der Waals surface area contributed by atoms with E-state index in [0.717, 1.165) is 42.4 Å². The van der Waals surface area contributed by atoms with Crippen molar-refractivity contribution in [2.45, 2.75) is 49.8 Å². The van der Waals surface area contributed by atoms with Gasteiger partial charge in [0.1, 0.15) is 11.4 Å². The van der Waals surface area contributed by atoms with Crippen LogP contribution in [0.5, 0.6) is 0 Å². The van der Waals surface area contributed by atoms with Gasteiger partial charge in [0.2, 0.25) is 0 Å². The highest BCUT2D eigenvalue weighted by Gasteiger charge is 2.50. The number of likely N-dealkylation sites (tertiary alicyclic amines) is 1. The fourth-order valence-corrected chi connectivity index (χ4v) is 4.44. The molecule has 1 aliphatic heterocycles. The van der Waals surface area contributed by atoms with Gasteiger partial charge in [-0.15, -0.1) is 0 Å². The van der Waals surface area contributed by atoms with E-state index in [-0.39, 0.29) is 23.8 Å². The van der Waals surface area contributed by atoms with Crippen molar-refractivity contribution < 1.29 is 13.9 Å². The number of hydrogen-bond acceptors (Lipinski definition) is 3. The minimum atomic E-state index is -0.647. The topological polar surface area (TPSA) is 55.6 Å². The second-order valence-corrected chi connectivity index (χ2v) is 7.99. The van der Waals surface area contributed by atoms with Crippen LogP contribution >= 0.6 is 0 Å². The summed E-state index contributed by atoms with van der Waals surface area (Å²) in [7, 11) is 1.63. The summed E-state index contributed by atoms with van der Waals surface area (Å²) in [6.07, 6.45) is 4.10. The second kappa shape index (κ2) is 7.64. The Bertz CT molecular complexity index is 860. The molecule has 2 aromatic rings. The van der Waals surface area contributed by atoms with E-state index in [1.165, 1.54) is 12.1 Å². The number of carbonyl (C=O) groups excluding carboxylic acids is 1. The Labute approximate surface area is 165 Å². The van der Waals surface area contributed by atoms with Crippen LogP contribution in [-0.2, 0) is 16.0 Å². The highest BCUT2D eigenvalue weighted by molar-refractivity contribution is 5.87. The lowest BCUT2D eigenvalue weighted by Crippen LogP contribution is -2.57. The lowest BCUT2D eigenvalue weighted by molar-refractivity contribution is -0.166. The van der Waals surface area contributed by atoms with Crippen molar-refractivity contribution in [2.24, 2.45) is 5.73 Å². The molecule has 0 radical (unpaired) electrons. The first-order valence-corrected chi connectivity index (χ1v) is 9.99. The lowest BCUT2D eigenvalue weighted by atomic mass is 9.78. The Hall–Kier alpha value is -2.24. The number of methoxy groups -OCH3 is 1. The molecule has 28 heavy (non-hydrogen) atoms. The molecule has 5 heteroatoms. The van der Waals surface area contributed by atoms with E-state index in [1.807, 2.05) is 29.2 Å². The van der Waals surface area contributed by atoms with Gasteiger partial charge in [-0.1, -0.05) is 36.4 Å². The van der Waals surface area contributed by atoms with E-state index in [0.29, 0.717) is 13.0 Å². The van der Waals surface area contributed by atoms with E-state index in [1.54, 1.807) is 13.2 Å². The van der Waals surface area contributed by atoms with Crippen LogP contribution in [0.3, 0.4) is 0 Å². The van der Waals surface area contributed by atoms with Crippen molar-refractivity contribution in [2.75, 3.05) is 13.7 Å². The van der Waals surface area contributed by atoms with E-state index in [4.69, 9.17) is 10.5 Å². The number of amides is 1. The largest absolute Gasteiger partial charge is 0.368 e. The van der Waals surface area contributed by atoms with Crippen molar-refractivity contribution in [3.05, 3.63) is 59.9 Å². The maximum atomic E-state index is 13.6. The van der Waals surface area contributed by atoms with Gasteiger partial charge in [-0.3, -0.25) is 4.79 Å². The summed E-state index contributed by atoms with van der Waals surface area (Å²) in [6, 6.07) is 14.6. The van der Waals surface area contributed by atoms with Crippen LogP contribution in [0, 0.1) is 5.82 Å². The van der Waals surface area contributed by atoms with E-state index < -0.39 is 5.60 Å². The molecule has 0 spiro atoms. The molecule has 2 unspecified atom stereocenters. The van der Waals surface area contributed by atoms with Gasteiger partial charge in [-0.2, -0.15) is 0 Å². The van der Waals surface area contributed by atoms with Gasteiger partial charge >= 0.3 is 0 Å². The van der Waals surface area contributed by atoms with Crippen molar-refractivity contribution in [3.8, 4) is 11.1 Å². The molecule has 2 N–H and O–H groups in total. The molecule has 1 amide bonds. The van der Waals surface area contributed by atoms with Crippen LogP contribution in [-0.4, -0.2) is 42.1 Å². The molecule has 0 bridgehead atoms. The van der Waals surface area contributed by atoms with Gasteiger partial charge in [-0.05, 0) is 60.9 Å². The zero-order valence-electron chi connectivity index (χ0n) is 16.2. The fraction of sp³-hybridized carbons (Fsp3) is 0.435. The van der Waals surface area contributed by atoms with E-state index >= 15 is 0 Å². The highest BCUT2D eigenvalue weighted by Crippen LogP contribution is 2.38. The van der Waals surface area contributed by atoms with Gasteiger partial charge in [0.25, 0.3) is 5.91 Å². The number of rotatable bonds is 5. The molecule has 1 heterocycles. The van der Waals surface area contributed by atoms with Crippen LogP contribution in [0.1, 0.15) is 31.2 Å². The molecule has 4 nitrogen and oxygen atoms in total. The molecule has 0 aromatic heterocycles. The summed E-state index contributed by atoms with van der Waals surface area (Å²) >= 11 is 0. The van der Waals surface area contributed by atoms with Crippen LogP contribution in [0.25, 0.3) is 11.1 Å². The van der Waals surface area contributed by atoms with Gasteiger partial charge < -0.3 is 15.4 Å². The molecule has 2 aromatic carbocycles. The quantitative estimate of drug-likeness (QED) is 0.861. The van der Waals surface area contributed by atoms with Crippen LogP contribution < -0.4 is 5.73 Å². The average Bonchev–Trinajstić information content (AvgIpc) is 3.02. The molecule has 1 saturated heterocycles. The number of halogens is 1. The van der Waals surface area contributed by atoms with E-state index in [2.05, 4.69) is 6.07 Å². The summed E-state index contributed by atoms with van der Waals surface area (Å²) in [6.45, 7) is 0.680. The van der Waals surface area contributed by atoms with Crippen molar-refractivity contribution in [3.63, 3.8) is 0 Å². The van der Waals surface area contributed by atoms with Crippen LogP contribution in [0.15, 0.2) is 48.5 Å². The number of nitrogens with two attached hydrogens (primary N) is 1. The smallest absolute Gasteiger partial charge is 0.255 e. The zero-order chi connectivity index (χ0) is 19.7. The maximum absolute atomic E-state index is 13.6. The average molecular weight is 382 g/mol. The Morgan fingerprint density at radius 2 is 1.93 bits per heavy atom. The number of ether oxygens (including phenoxy) is 1. The number of nitrogens with zero attached hydrogens (tertiary/aromatic N) is 1. The molecular formula is C23H27FN2O2. The Morgan fingerprint density at radius 3 is 2.57 bits per heavy atom. The Balaban J connectivity index is 1.55. The Morgan fingerprint density at radius 1 is 1.21 bits per heavy atom. The van der Waals surface area contributed by atoms with Crippen LogP contribution in [0.4, 0.5) is 4.39 Å². The molecule has 2 fully saturated rings. The maximum Gasteiger partial charge on any atom is 0.255 e.